The maximum absolute atomic E-state index is 13.2. The molecule has 1 heterocycles. The Morgan fingerprint density at radius 3 is 2.45 bits per heavy atom. The van der Waals surface area contributed by atoms with Crippen molar-refractivity contribution in [1.29, 1.82) is 0 Å². The average molecular weight is 464 g/mol. The molecule has 158 valence electrons. The first-order valence-electron chi connectivity index (χ1n) is 9.80. The molecule has 0 aliphatic heterocycles. The zero-order chi connectivity index (χ0) is 21.4. The second kappa shape index (κ2) is 11.2. The van der Waals surface area contributed by atoms with Gasteiger partial charge < -0.3 is 19.1 Å². The Morgan fingerprint density at radius 1 is 1.21 bits per heavy atom. The Kier molecular flexibility index (Phi) is 8.92. The van der Waals surface area contributed by atoms with Gasteiger partial charge in [-0.05, 0) is 49.7 Å². The van der Waals surface area contributed by atoms with E-state index < -0.39 is 0 Å². The molecule has 0 spiro atoms. The number of methoxy groups -OCH3 is 1. The minimum Gasteiger partial charge on any atom is -0.383 e. The number of rotatable bonds is 10. The maximum atomic E-state index is 13.2. The number of nitrogens with zero attached hydrogens (tertiary/aromatic N) is 3. The second-order valence-electron chi connectivity index (χ2n) is 7.12. The number of carbonyl (C=O) groups excluding carboxylic acids is 2. The largest absolute Gasteiger partial charge is 0.383 e. The smallest absolute Gasteiger partial charge is 0.254 e. The fraction of sp³-hybridized carbons (Fsp3) is 0.455. The minimum atomic E-state index is -0.134. The normalized spacial score (nSPS) is 11.9. The predicted octanol–water partition coefficient (Wildman–Crippen LogP) is 3.70. The van der Waals surface area contributed by atoms with Crippen LogP contribution in [0.4, 0.5) is 0 Å². The van der Waals surface area contributed by atoms with Crippen LogP contribution in [0.3, 0.4) is 0 Å². The molecule has 1 aromatic heterocycles. The molecule has 2 rings (SSSR count). The summed E-state index contributed by atoms with van der Waals surface area (Å²) in [6, 6.07) is 11.1. The fourth-order valence-electron chi connectivity index (χ4n) is 3.00. The molecule has 0 aliphatic carbocycles. The van der Waals surface area contributed by atoms with Crippen molar-refractivity contribution in [2.45, 2.75) is 32.9 Å². The Morgan fingerprint density at radius 2 is 1.90 bits per heavy atom. The van der Waals surface area contributed by atoms with E-state index in [1.807, 2.05) is 55.9 Å². The van der Waals surface area contributed by atoms with E-state index in [0.717, 1.165) is 16.6 Å². The number of aromatic nitrogens is 1. The molecule has 0 saturated carbocycles. The van der Waals surface area contributed by atoms with Crippen LogP contribution in [0.5, 0.6) is 0 Å². The molecule has 1 atom stereocenters. The molecule has 1 unspecified atom stereocenters. The first-order chi connectivity index (χ1) is 13.9. The summed E-state index contributed by atoms with van der Waals surface area (Å²) >= 11 is 3.39. The molecule has 2 aromatic rings. The lowest BCUT2D eigenvalue weighted by atomic mass is 10.1. The van der Waals surface area contributed by atoms with Crippen LogP contribution in [0.2, 0.25) is 0 Å². The van der Waals surface area contributed by atoms with E-state index in [1.54, 1.807) is 29.0 Å². The van der Waals surface area contributed by atoms with Crippen LogP contribution in [0, 0.1) is 0 Å². The van der Waals surface area contributed by atoms with Crippen LogP contribution in [-0.4, -0.2) is 59.0 Å². The molecule has 7 heteroatoms. The lowest BCUT2D eigenvalue weighted by Crippen LogP contribution is -2.47. The number of benzene rings is 1. The maximum Gasteiger partial charge on any atom is 0.254 e. The van der Waals surface area contributed by atoms with Crippen molar-refractivity contribution < 1.29 is 14.3 Å². The van der Waals surface area contributed by atoms with Crippen LogP contribution in [0.15, 0.2) is 47.1 Å². The van der Waals surface area contributed by atoms with Crippen molar-refractivity contribution in [1.82, 2.24) is 14.4 Å². The van der Waals surface area contributed by atoms with Gasteiger partial charge in [-0.3, -0.25) is 9.59 Å². The van der Waals surface area contributed by atoms with Gasteiger partial charge in [0.2, 0.25) is 5.91 Å². The Bertz CT molecular complexity index is 804. The van der Waals surface area contributed by atoms with E-state index in [1.165, 1.54) is 0 Å². The summed E-state index contributed by atoms with van der Waals surface area (Å²) in [4.78, 5) is 29.7. The molecule has 0 N–H and O–H groups in total. The first-order valence-corrected chi connectivity index (χ1v) is 10.6. The molecule has 0 bridgehead atoms. The molecule has 1 aromatic carbocycles. The average Bonchev–Trinajstić information content (AvgIpc) is 3.13. The highest BCUT2D eigenvalue weighted by atomic mass is 79.9. The van der Waals surface area contributed by atoms with E-state index in [4.69, 9.17) is 4.74 Å². The molecule has 6 nitrogen and oxygen atoms in total. The standard InChI is InChI=1S/C22H30BrN3O3/c1-5-17(2)26(22(28)18-8-10-19(23)11-9-18)16-21(27)25(13-14-29-4)15-20-7-6-12-24(20)3/h6-12,17H,5,13-16H2,1-4H3. The third-order valence-corrected chi connectivity index (χ3v) is 5.63. The topological polar surface area (TPSA) is 54.8 Å². The lowest BCUT2D eigenvalue weighted by Gasteiger charge is -2.31. The molecular weight excluding hydrogens is 434 g/mol. The highest BCUT2D eigenvalue weighted by molar-refractivity contribution is 9.10. The lowest BCUT2D eigenvalue weighted by molar-refractivity contribution is -0.133. The summed E-state index contributed by atoms with van der Waals surface area (Å²) < 4.78 is 8.09. The van der Waals surface area contributed by atoms with Crippen LogP contribution in [0.1, 0.15) is 36.3 Å². The Balaban J connectivity index is 2.19. The van der Waals surface area contributed by atoms with Gasteiger partial charge in [0.05, 0.1) is 13.2 Å². The summed E-state index contributed by atoms with van der Waals surface area (Å²) in [5, 5.41) is 0. The summed E-state index contributed by atoms with van der Waals surface area (Å²) in [6.45, 7) is 5.43. The minimum absolute atomic E-state index is 0.0397. The summed E-state index contributed by atoms with van der Waals surface area (Å²) in [7, 11) is 3.57. The number of hydrogen-bond donors (Lipinski definition) is 0. The quantitative estimate of drug-likeness (QED) is 0.539. The van der Waals surface area contributed by atoms with E-state index >= 15 is 0 Å². The number of ether oxygens (including phenoxy) is 1. The Hall–Kier alpha value is -2.12. The van der Waals surface area contributed by atoms with E-state index in [0.29, 0.717) is 25.3 Å². The van der Waals surface area contributed by atoms with Crippen molar-refractivity contribution in [3.05, 3.63) is 58.3 Å². The van der Waals surface area contributed by atoms with Crippen molar-refractivity contribution >= 4 is 27.7 Å². The van der Waals surface area contributed by atoms with Crippen LogP contribution >= 0.6 is 15.9 Å². The third kappa shape index (κ3) is 6.44. The van der Waals surface area contributed by atoms with Gasteiger partial charge in [-0.1, -0.05) is 22.9 Å². The SMILES string of the molecule is CCC(C)N(CC(=O)N(CCOC)Cc1cccn1C)C(=O)c1ccc(Br)cc1. The van der Waals surface area contributed by atoms with Crippen molar-refractivity contribution in [3.8, 4) is 0 Å². The fourth-order valence-corrected chi connectivity index (χ4v) is 3.27. The monoisotopic (exact) mass is 463 g/mol. The predicted molar refractivity (Wildman–Crippen MR) is 118 cm³/mol. The van der Waals surface area contributed by atoms with Gasteiger partial charge in [-0.15, -0.1) is 0 Å². The van der Waals surface area contributed by atoms with Gasteiger partial charge in [-0.2, -0.15) is 0 Å². The molecule has 2 amide bonds. The number of hydrogen-bond acceptors (Lipinski definition) is 3. The number of aryl methyl sites for hydroxylation is 1. The molecule has 29 heavy (non-hydrogen) atoms. The van der Waals surface area contributed by atoms with Gasteiger partial charge in [-0.25, -0.2) is 0 Å². The van der Waals surface area contributed by atoms with Gasteiger partial charge in [0.1, 0.15) is 6.54 Å². The van der Waals surface area contributed by atoms with Gasteiger partial charge >= 0.3 is 0 Å². The number of halogens is 1. The zero-order valence-corrected chi connectivity index (χ0v) is 19.2. The van der Waals surface area contributed by atoms with Gasteiger partial charge in [0.15, 0.2) is 0 Å². The highest BCUT2D eigenvalue weighted by Crippen LogP contribution is 2.16. The van der Waals surface area contributed by atoms with Crippen LogP contribution in [0.25, 0.3) is 0 Å². The summed E-state index contributed by atoms with van der Waals surface area (Å²) in [5.41, 5.74) is 1.61. The van der Waals surface area contributed by atoms with Crippen molar-refractivity contribution in [2.75, 3.05) is 26.8 Å². The third-order valence-electron chi connectivity index (χ3n) is 5.10. The van der Waals surface area contributed by atoms with Crippen molar-refractivity contribution in [2.24, 2.45) is 7.05 Å². The highest BCUT2D eigenvalue weighted by Gasteiger charge is 2.26. The summed E-state index contributed by atoms with van der Waals surface area (Å²) in [6.07, 6.45) is 2.72. The first kappa shape index (κ1) is 23.2. The Labute approximate surface area is 181 Å². The molecule has 0 radical (unpaired) electrons. The van der Waals surface area contributed by atoms with E-state index in [9.17, 15) is 9.59 Å². The molecular formula is C22H30BrN3O3. The van der Waals surface area contributed by atoms with E-state index in [2.05, 4.69) is 15.9 Å². The van der Waals surface area contributed by atoms with Crippen molar-refractivity contribution in [3.63, 3.8) is 0 Å². The van der Waals surface area contributed by atoms with Gasteiger partial charge in [0.25, 0.3) is 5.91 Å². The number of carbonyl (C=O) groups is 2. The molecule has 0 aliphatic rings. The van der Waals surface area contributed by atoms with E-state index in [-0.39, 0.29) is 24.4 Å². The summed E-state index contributed by atoms with van der Waals surface area (Å²) in [5.74, 6) is -0.222. The molecule has 0 saturated heterocycles. The zero-order valence-electron chi connectivity index (χ0n) is 17.6. The second-order valence-corrected chi connectivity index (χ2v) is 8.03. The number of amides is 2. The molecule has 0 fully saturated rings. The van der Waals surface area contributed by atoms with Gasteiger partial charge in [0, 0.05) is 48.7 Å². The van der Waals surface area contributed by atoms with Crippen LogP contribution in [-0.2, 0) is 23.1 Å². The van der Waals surface area contributed by atoms with Crippen LogP contribution < -0.4 is 0 Å².